The summed E-state index contributed by atoms with van der Waals surface area (Å²) in [7, 11) is -4.96. The second kappa shape index (κ2) is 6.66. The minimum Gasteiger partial charge on any atom is -0.521 e. The van der Waals surface area contributed by atoms with Gasteiger partial charge in [0, 0.05) is 11.4 Å². The summed E-state index contributed by atoms with van der Waals surface area (Å²) in [6.07, 6.45) is 0. The second-order valence-corrected chi connectivity index (χ2v) is 12.8. The Morgan fingerprint density at radius 1 is 0.818 bits per heavy atom. The molecule has 0 saturated heterocycles. The van der Waals surface area contributed by atoms with Crippen LogP contribution in [0.5, 0.6) is 5.75 Å². The molecule has 2 aromatic rings. The van der Waals surface area contributed by atoms with E-state index in [9.17, 15) is 4.80 Å². The molecule has 0 saturated carbocycles. The summed E-state index contributed by atoms with van der Waals surface area (Å²) in [5.74, 6) is 0.758. The zero-order chi connectivity index (χ0) is 16.2. The van der Waals surface area contributed by atoms with Crippen LogP contribution in [0.3, 0.4) is 0 Å². The van der Waals surface area contributed by atoms with Crippen LogP contribution < -0.4 is 9.74 Å². The van der Waals surface area contributed by atoms with Gasteiger partial charge in [-0.3, -0.25) is 0 Å². The smallest absolute Gasteiger partial charge is 0.383 e. The molecule has 4 nitrogen and oxygen atoms in total. The van der Waals surface area contributed by atoms with Gasteiger partial charge in [0.1, 0.15) is 5.75 Å². The first-order chi connectivity index (χ1) is 10.2. The third-order valence-corrected chi connectivity index (χ3v) is 7.47. The van der Waals surface area contributed by atoms with Gasteiger partial charge in [0.05, 0.1) is 0 Å². The molecule has 2 aromatic carbocycles. The van der Waals surface area contributed by atoms with Crippen LogP contribution in [0, 0.1) is 0 Å². The van der Waals surface area contributed by atoms with E-state index >= 15 is 0 Å². The molecule has 2 N–H and O–H groups in total. The highest BCUT2D eigenvalue weighted by Crippen LogP contribution is 2.23. The highest BCUT2D eigenvalue weighted by atomic mass is 28.5. The summed E-state index contributed by atoms with van der Waals surface area (Å²) in [5.41, 5.74) is 2.04. The molecule has 0 heterocycles. The van der Waals surface area contributed by atoms with Crippen molar-refractivity contribution in [3.8, 4) is 5.75 Å². The van der Waals surface area contributed by atoms with Crippen LogP contribution in [0.15, 0.2) is 54.6 Å². The molecule has 0 aliphatic rings. The Morgan fingerprint density at radius 2 is 1.36 bits per heavy atom. The maximum atomic E-state index is 9.90. The summed E-state index contributed by atoms with van der Waals surface area (Å²) in [4.78, 5) is 9.90. The van der Waals surface area contributed by atoms with Gasteiger partial charge in [-0.05, 0) is 62.6 Å². The molecule has 2 rings (SSSR count). The zero-order valence-corrected chi connectivity index (χ0v) is 15.5. The average molecular weight is 334 g/mol. The van der Waals surface area contributed by atoms with Gasteiger partial charge in [0.2, 0.25) is 0 Å². The van der Waals surface area contributed by atoms with Crippen LogP contribution in [0.25, 0.3) is 0 Å². The zero-order valence-electron chi connectivity index (χ0n) is 13.5. The third kappa shape index (κ3) is 5.65. The molecule has 22 heavy (non-hydrogen) atoms. The lowest BCUT2D eigenvalue weighted by molar-refractivity contribution is 0.328. The number of rotatable bonds is 6. The molecule has 0 aromatic heterocycles. The normalized spacial score (nSPS) is 12.0. The maximum Gasteiger partial charge on any atom is 0.383 e. The van der Waals surface area contributed by atoms with E-state index in [1.165, 1.54) is 0 Å². The van der Waals surface area contributed by atoms with E-state index in [2.05, 4.69) is 5.32 Å². The van der Waals surface area contributed by atoms with Gasteiger partial charge in [0.15, 0.2) is 0 Å². The summed E-state index contributed by atoms with van der Waals surface area (Å²) in [6.45, 7) is 7.37. The fourth-order valence-corrected chi connectivity index (χ4v) is 7.88. The minimum atomic E-state index is -2.58. The molecule has 0 amide bonds. The van der Waals surface area contributed by atoms with Gasteiger partial charge in [-0.2, -0.15) is 0 Å². The highest BCUT2D eigenvalue weighted by molar-refractivity contribution is 6.78. The van der Waals surface area contributed by atoms with Crippen molar-refractivity contribution in [1.29, 1.82) is 0 Å². The van der Waals surface area contributed by atoms with Crippen LogP contribution in [0.2, 0.25) is 26.2 Å². The van der Waals surface area contributed by atoms with Gasteiger partial charge in [-0.25, -0.2) is 0 Å². The molecule has 0 unspecified atom stereocenters. The van der Waals surface area contributed by atoms with Crippen LogP contribution >= 0.6 is 0 Å². The molecular weight excluding hydrogens is 310 g/mol. The van der Waals surface area contributed by atoms with Gasteiger partial charge < -0.3 is 18.7 Å². The Labute approximate surface area is 134 Å². The summed E-state index contributed by atoms with van der Waals surface area (Å²) in [5, 5.41) is 3.32. The Kier molecular flexibility index (Phi) is 5.07. The third-order valence-electron chi connectivity index (χ3n) is 2.78. The monoisotopic (exact) mass is 333 g/mol. The van der Waals surface area contributed by atoms with Crippen LogP contribution in [-0.2, 0) is 4.12 Å². The second-order valence-electron chi connectivity index (χ2n) is 6.07. The molecule has 0 atom stereocenters. The van der Waals surface area contributed by atoms with Gasteiger partial charge in [-0.1, -0.05) is 18.2 Å². The molecule has 0 aliphatic carbocycles. The summed E-state index contributed by atoms with van der Waals surface area (Å²) >= 11 is 0. The van der Waals surface area contributed by atoms with Crippen LogP contribution in [0.1, 0.15) is 0 Å². The van der Waals surface area contributed by atoms with Gasteiger partial charge >= 0.3 is 17.1 Å². The Balaban J connectivity index is 2.00. The molecule has 0 aliphatic heterocycles. The first-order valence-corrected chi connectivity index (χ1v) is 12.9. The summed E-state index contributed by atoms with van der Waals surface area (Å²) < 4.78 is 11.7. The quantitative estimate of drug-likeness (QED) is 0.777. The van der Waals surface area contributed by atoms with Crippen molar-refractivity contribution in [3.63, 3.8) is 0 Å². The predicted molar refractivity (Wildman–Crippen MR) is 95.1 cm³/mol. The molecule has 0 radical (unpaired) electrons. The number of hydrogen-bond donors (Lipinski definition) is 2. The van der Waals surface area contributed by atoms with E-state index in [1.807, 2.05) is 67.7 Å². The van der Waals surface area contributed by atoms with Crippen molar-refractivity contribution in [2.24, 2.45) is 0 Å². The topological polar surface area (TPSA) is 50.7 Å². The number of benzene rings is 2. The SMILES string of the molecule is C[Si](C)(O)O[Si](C)(C)Oc1ccc(Nc2ccccc2)cc1. The molecular formula is C16H23NO3Si2. The number of hydrogen-bond acceptors (Lipinski definition) is 4. The molecule has 0 fully saturated rings. The van der Waals surface area contributed by atoms with E-state index in [4.69, 9.17) is 8.54 Å². The van der Waals surface area contributed by atoms with Crippen LogP contribution in [0.4, 0.5) is 11.4 Å². The van der Waals surface area contributed by atoms with E-state index in [0.717, 1.165) is 17.1 Å². The average Bonchev–Trinajstić information content (AvgIpc) is 2.39. The maximum absolute atomic E-state index is 9.90. The van der Waals surface area contributed by atoms with Crippen LogP contribution in [-0.4, -0.2) is 21.9 Å². The van der Waals surface area contributed by atoms with Crippen molar-refractivity contribution in [3.05, 3.63) is 54.6 Å². The standard InChI is InChI=1S/C16H23NO3Si2/c1-21(2,18)20-22(3,4)19-16-12-10-15(11-13-16)17-14-8-6-5-7-9-14/h5-13,17-18H,1-4H3. The van der Waals surface area contributed by atoms with E-state index < -0.39 is 17.1 Å². The van der Waals surface area contributed by atoms with Gasteiger partial charge in [-0.15, -0.1) is 0 Å². The van der Waals surface area contributed by atoms with Gasteiger partial charge in [0.25, 0.3) is 0 Å². The Bertz CT molecular complexity index is 595. The van der Waals surface area contributed by atoms with Crippen molar-refractivity contribution >= 4 is 28.5 Å². The fraction of sp³-hybridized carbons (Fsp3) is 0.250. The van der Waals surface area contributed by atoms with Crippen molar-refractivity contribution in [1.82, 2.24) is 0 Å². The minimum absolute atomic E-state index is 0.758. The first kappa shape index (κ1) is 16.8. The lowest BCUT2D eigenvalue weighted by atomic mass is 10.2. The number of para-hydroxylation sites is 1. The van der Waals surface area contributed by atoms with Crippen molar-refractivity contribution in [2.45, 2.75) is 26.2 Å². The summed E-state index contributed by atoms with van der Waals surface area (Å²) in [6, 6.07) is 17.8. The van der Waals surface area contributed by atoms with E-state index in [-0.39, 0.29) is 0 Å². The number of anilines is 2. The van der Waals surface area contributed by atoms with Crippen molar-refractivity contribution in [2.75, 3.05) is 5.32 Å². The molecule has 0 spiro atoms. The molecule has 6 heteroatoms. The predicted octanol–water partition coefficient (Wildman–Crippen LogP) is 4.22. The molecule has 118 valence electrons. The van der Waals surface area contributed by atoms with E-state index in [1.54, 1.807) is 13.1 Å². The lowest BCUT2D eigenvalue weighted by Gasteiger charge is -2.29. The van der Waals surface area contributed by atoms with E-state index in [0.29, 0.717) is 0 Å². The molecule has 0 bridgehead atoms. The Morgan fingerprint density at radius 3 is 1.91 bits per heavy atom. The fourth-order valence-electron chi connectivity index (χ4n) is 2.20. The number of nitrogens with one attached hydrogen (secondary N) is 1. The highest BCUT2D eigenvalue weighted by Gasteiger charge is 2.35. The lowest BCUT2D eigenvalue weighted by Crippen LogP contribution is -2.48. The Hall–Kier alpha value is -1.61. The largest absolute Gasteiger partial charge is 0.521 e. The first-order valence-electron chi connectivity index (χ1n) is 7.27. The van der Waals surface area contributed by atoms with Crippen molar-refractivity contribution < 1.29 is 13.3 Å².